The molecular weight excluding hydrogens is 460 g/mol. The van der Waals surface area contributed by atoms with Gasteiger partial charge in [0.2, 0.25) is 0 Å². The van der Waals surface area contributed by atoms with Gasteiger partial charge in [-0.15, -0.1) is 0 Å². The second-order valence-corrected chi connectivity index (χ2v) is 12.1. The average molecular weight is 495 g/mol. The molecule has 3 aromatic rings. The van der Waals surface area contributed by atoms with Crippen LogP contribution in [0.25, 0.3) is 22.4 Å². The summed E-state index contributed by atoms with van der Waals surface area (Å²) < 4.78 is 25.4. The van der Waals surface area contributed by atoms with Gasteiger partial charge in [0.25, 0.3) is 5.91 Å². The first-order valence-corrected chi connectivity index (χ1v) is 13.9. The summed E-state index contributed by atoms with van der Waals surface area (Å²) in [4.78, 5) is 15.4. The van der Waals surface area contributed by atoms with Crippen molar-refractivity contribution >= 4 is 15.7 Å². The Morgan fingerprint density at radius 1 is 0.971 bits per heavy atom. The summed E-state index contributed by atoms with van der Waals surface area (Å²) in [6, 6.07) is 16.3. The molecule has 2 heterocycles. The fraction of sp³-hybridized carbons (Fsp3) is 0.407. The van der Waals surface area contributed by atoms with Gasteiger partial charge in [0.05, 0.1) is 17.2 Å². The molecule has 186 valence electrons. The lowest BCUT2D eigenvalue weighted by molar-refractivity contribution is 0.0930. The summed E-state index contributed by atoms with van der Waals surface area (Å²) in [7, 11) is -2.92. The van der Waals surface area contributed by atoms with Crippen molar-refractivity contribution in [2.24, 2.45) is 0 Å². The number of sulfone groups is 1. The second-order valence-electron chi connectivity index (χ2n) is 9.75. The van der Waals surface area contributed by atoms with Crippen molar-refractivity contribution < 1.29 is 13.2 Å². The van der Waals surface area contributed by atoms with Crippen LogP contribution in [0.3, 0.4) is 0 Å². The van der Waals surface area contributed by atoms with Crippen LogP contribution in [0, 0.1) is 6.92 Å². The van der Waals surface area contributed by atoms with Crippen LogP contribution in [0.1, 0.15) is 42.7 Å². The van der Waals surface area contributed by atoms with E-state index in [1.54, 1.807) is 6.20 Å². The summed E-state index contributed by atoms with van der Waals surface area (Å²) in [5.41, 5.74) is 5.68. The number of benzene rings is 2. The minimum Gasteiger partial charge on any atom is -0.348 e. The van der Waals surface area contributed by atoms with E-state index >= 15 is 0 Å². The van der Waals surface area contributed by atoms with E-state index in [1.165, 1.54) is 5.56 Å². The monoisotopic (exact) mass is 494 g/mol. The lowest BCUT2D eigenvalue weighted by Crippen LogP contribution is -2.47. The topological polar surface area (TPSA) is 84.3 Å². The van der Waals surface area contributed by atoms with E-state index in [2.05, 4.69) is 66.4 Å². The first kappa shape index (κ1) is 25.1. The third-order valence-electron chi connectivity index (χ3n) is 6.38. The fourth-order valence-corrected chi connectivity index (χ4v) is 5.72. The van der Waals surface area contributed by atoms with Gasteiger partial charge >= 0.3 is 0 Å². The van der Waals surface area contributed by atoms with Crippen LogP contribution in [-0.2, 0) is 9.84 Å². The van der Waals surface area contributed by atoms with Crippen LogP contribution < -0.4 is 5.32 Å². The standard InChI is InChI=1S/C27H34N4O3S/c1-19(2)31-26(9-10-28-31)24-15-23(22-7-5-20(3)6-8-22)16-25(17-24)27(32)29-21(4)18-30-11-13-35(33,34)14-12-30/h5-10,15-17,19,21H,11-14,18H2,1-4H3,(H,29,32)/t21-/m1/s1. The molecule has 4 rings (SSSR count). The molecule has 0 aliphatic carbocycles. The van der Waals surface area contributed by atoms with E-state index in [9.17, 15) is 13.2 Å². The molecule has 7 nitrogen and oxygen atoms in total. The molecule has 1 aliphatic heterocycles. The quantitative estimate of drug-likeness (QED) is 0.538. The molecule has 1 atom stereocenters. The fourth-order valence-electron chi connectivity index (χ4n) is 4.45. The van der Waals surface area contributed by atoms with E-state index in [1.807, 2.05) is 29.8 Å². The van der Waals surface area contributed by atoms with Crippen LogP contribution in [0.4, 0.5) is 0 Å². The highest BCUT2D eigenvalue weighted by Crippen LogP contribution is 2.30. The van der Waals surface area contributed by atoms with Crippen LogP contribution in [0.2, 0.25) is 0 Å². The van der Waals surface area contributed by atoms with Gasteiger partial charge in [0, 0.05) is 49.0 Å². The molecule has 1 saturated heterocycles. The smallest absolute Gasteiger partial charge is 0.251 e. The molecule has 0 spiro atoms. The highest BCUT2D eigenvalue weighted by Gasteiger charge is 2.23. The Morgan fingerprint density at radius 2 is 1.63 bits per heavy atom. The normalized spacial score (nSPS) is 16.8. The number of amides is 1. The van der Waals surface area contributed by atoms with Gasteiger partial charge < -0.3 is 5.32 Å². The van der Waals surface area contributed by atoms with Gasteiger partial charge in [-0.05, 0) is 63.1 Å². The summed E-state index contributed by atoms with van der Waals surface area (Å²) in [5.74, 6) is 0.214. The van der Waals surface area contributed by atoms with Gasteiger partial charge in [-0.3, -0.25) is 14.4 Å². The molecule has 0 radical (unpaired) electrons. The molecule has 0 saturated carbocycles. The molecule has 2 aromatic carbocycles. The number of carbonyl (C=O) groups excluding carboxylic acids is 1. The van der Waals surface area contributed by atoms with E-state index < -0.39 is 9.84 Å². The van der Waals surface area contributed by atoms with Crippen molar-refractivity contribution in [3.63, 3.8) is 0 Å². The third kappa shape index (κ3) is 6.18. The summed E-state index contributed by atoms with van der Waals surface area (Å²) in [6.45, 7) is 9.82. The Bertz CT molecular complexity index is 1280. The molecule has 0 bridgehead atoms. The van der Waals surface area contributed by atoms with Crippen molar-refractivity contribution in [3.8, 4) is 22.4 Å². The predicted molar refractivity (Wildman–Crippen MR) is 140 cm³/mol. The highest BCUT2D eigenvalue weighted by atomic mass is 32.2. The Kier molecular flexibility index (Phi) is 7.42. The number of hydrogen-bond acceptors (Lipinski definition) is 5. The number of rotatable bonds is 7. The zero-order chi connectivity index (χ0) is 25.2. The summed E-state index contributed by atoms with van der Waals surface area (Å²) in [6.07, 6.45) is 1.79. The molecule has 35 heavy (non-hydrogen) atoms. The van der Waals surface area contributed by atoms with Gasteiger partial charge in [-0.1, -0.05) is 29.8 Å². The molecule has 1 aromatic heterocycles. The van der Waals surface area contributed by atoms with Gasteiger partial charge in [-0.25, -0.2) is 8.42 Å². The summed E-state index contributed by atoms with van der Waals surface area (Å²) in [5, 5.41) is 7.58. The van der Waals surface area contributed by atoms with Crippen molar-refractivity contribution in [2.75, 3.05) is 31.1 Å². The van der Waals surface area contributed by atoms with E-state index in [4.69, 9.17) is 0 Å². The van der Waals surface area contributed by atoms with Crippen LogP contribution in [-0.4, -0.2) is 66.2 Å². The lowest BCUT2D eigenvalue weighted by Gasteiger charge is -2.29. The van der Waals surface area contributed by atoms with E-state index in [0.29, 0.717) is 25.2 Å². The highest BCUT2D eigenvalue weighted by molar-refractivity contribution is 7.91. The molecule has 8 heteroatoms. The SMILES string of the molecule is Cc1ccc(-c2cc(C(=O)N[C@H](C)CN3CCS(=O)(=O)CC3)cc(-c3ccnn3C(C)C)c2)cc1. The van der Waals surface area contributed by atoms with Gasteiger partial charge in [0.1, 0.15) is 0 Å². The van der Waals surface area contributed by atoms with Gasteiger partial charge in [0.15, 0.2) is 9.84 Å². The molecular formula is C27H34N4O3S. The second kappa shape index (κ2) is 10.3. The Morgan fingerprint density at radius 3 is 2.29 bits per heavy atom. The van der Waals surface area contributed by atoms with Crippen molar-refractivity contribution in [1.82, 2.24) is 20.0 Å². The molecule has 0 unspecified atom stereocenters. The van der Waals surface area contributed by atoms with Crippen molar-refractivity contribution in [1.29, 1.82) is 0 Å². The maximum absolute atomic E-state index is 13.3. The maximum Gasteiger partial charge on any atom is 0.251 e. The number of aromatic nitrogens is 2. The van der Waals surface area contributed by atoms with Crippen LogP contribution in [0.5, 0.6) is 0 Å². The zero-order valence-corrected chi connectivity index (χ0v) is 21.7. The molecule has 1 N–H and O–H groups in total. The zero-order valence-electron chi connectivity index (χ0n) is 20.9. The molecule has 1 fully saturated rings. The number of carbonyl (C=O) groups is 1. The van der Waals surface area contributed by atoms with Crippen LogP contribution in [0.15, 0.2) is 54.7 Å². The summed E-state index contributed by atoms with van der Waals surface area (Å²) >= 11 is 0. The number of hydrogen-bond donors (Lipinski definition) is 1. The largest absolute Gasteiger partial charge is 0.348 e. The number of aryl methyl sites for hydroxylation is 1. The molecule has 1 amide bonds. The van der Waals surface area contributed by atoms with Crippen molar-refractivity contribution in [2.45, 2.75) is 39.8 Å². The Labute approximate surface area is 208 Å². The maximum atomic E-state index is 13.3. The minimum absolute atomic E-state index is 0.115. The lowest BCUT2D eigenvalue weighted by atomic mass is 9.97. The molecule has 1 aliphatic rings. The van der Waals surface area contributed by atoms with Crippen LogP contribution >= 0.6 is 0 Å². The Hall–Kier alpha value is -2.97. The van der Waals surface area contributed by atoms with E-state index in [-0.39, 0.29) is 29.5 Å². The van der Waals surface area contributed by atoms with Gasteiger partial charge in [-0.2, -0.15) is 5.10 Å². The minimum atomic E-state index is -2.92. The number of nitrogens with one attached hydrogen (secondary N) is 1. The van der Waals surface area contributed by atoms with Crippen molar-refractivity contribution in [3.05, 3.63) is 65.9 Å². The first-order chi connectivity index (χ1) is 16.6. The van der Waals surface area contributed by atoms with E-state index in [0.717, 1.165) is 22.4 Å². The Balaban J connectivity index is 1.60. The number of nitrogens with zero attached hydrogens (tertiary/aromatic N) is 3. The predicted octanol–water partition coefficient (Wildman–Crippen LogP) is 3.96. The average Bonchev–Trinajstić information content (AvgIpc) is 3.31. The third-order valence-corrected chi connectivity index (χ3v) is 7.99. The first-order valence-electron chi connectivity index (χ1n) is 12.1.